The standard InChI is InChI=1S/C18H22N2O3S/c1-15-5-3-4-6-18(15)24(21,22)20-13-11-19(12-14-20)16-7-9-17(23-2)10-8-16/h3-10H,11-14H2,1-2H3. The molecule has 3 rings (SSSR count). The minimum absolute atomic E-state index is 0.405. The van der Waals surface area contributed by atoms with Crippen LogP contribution in [0.3, 0.4) is 0 Å². The van der Waals surface area contributed by atoms with Gasteiger partial charge in [-0.1, -0.05) is 18.2 Å². The van der Waals surface area contributed by atoms with Gasteiger partial charge in [-0.15, -0.1) is 0 Å². The second-order valence-electron chi connectivity index (χ2n) is 5.85. The third-order valence-corrected chi connectivity index (χ3v) is 6.45. The molecule has 0 aliphatic carbocycles. The predicted octanol–water partition coefficient (Wildman–Crippen LogP) is 2.51. The molecule has 0 spiro atoms. The second kappa shape index (κ2) is 6.83. The lowest BCUT2D eigenvalue weighted by Crippen LogP contribution is -2.48. The normalized spacial score (nSPS) is 16.2. The van der Waals surface area contributed by atoms with Gasteiger partial charge in [0.2, 0.25) is 10.0 Å². The van der Waals surface area contributed by atoms with Crippen LogP contribution in [0.15, 0.2) is 53.4 Å². The first-order valence-corrected chi connectivity index (χ1v) is 9.41. The van der Waals surface area contributed by atoms with Crippen LogP contribution in [0.4, 0.5) is 5.69 Å². The molecule has 5 nitrogen and oxygen atoms in total. The average molecular weight is 346 g/mol. The van der Waals surface area contributed by atoms with Crippen molar-refractivity contribution >= 4 is 15.7 Å². The van der Waals surface area contributed by atoms with Crippen LogP contribution >= 0.6 is 0 Å². The maximum absolute atomic E-state index is 12.8. The van der Waals surface area contributed by atoms with Crippen molar-refractivity contribution in [2.24, 2.45) is 0 Å². The Morgan fingerprint density at radius 2 is 1.54 bits per heavy atom. The number of methoxy groups -OCH3 is 1. The Morgan fingerprint density at radius 1 is 0.917 bits per heavy atom. The highest BCUT2D eigenvalue weighted by molar-refractivity contribution is 7.89. The largest absolute Gasteiger partial charge is 0.497 e. The molecule has 2 aromatic rings. The maximum Gasteiger partial charge on any atom is 0.243 e. The number of benzene rings is 2. The molecule has 24 heavy (non-hydrogen) atoms. The number of sulfonamides is 1. The van der Waals surface area contributed by atoms with Crippen molar-refractivity contribution in [2.75, 3.05) is 38.2 Å². The molecule has 1 aliphatic rings. The maximum atomic E-state index is 12.8. The van der Waals surface area contributed by atoms with Gasteiger partial charge >= 0.3 is 0 Å². The van der Waals surface area contributed by atoms with Crippen molar-refractivity contribution in [3.05, 3.63) is 54.1 Å². The van der Waals surface area contributed by atoms with E-state index in [2.05, 4.69) is 4.90 Å². The molecule has 0 aromatic heterocycles. The molecular weight excluding hydrogens is 324 g/mol. The van der Waals surface area contributed by atoms with Crippen molar-refractivity contribution < 1.29 is 13.2 Å². The van der Waals surface area contributed by atoms with Gasteiger partial charge < -0.3 is 9.64 Å². The zero-order chi connectivity index (χ0) is 17.2. The minimum Gasteiger partial charge on any atom is -0.497 e. The quantitative estimate of drug-likeness (QED) is 0.854. The summed E-state index contributed by atoms with van der Waals surface area (Å²) >= 11 is 0. The van der Waals surface area contributed by atoms with Crippen molar-refractivity contribution in [3.63, 3.8) is 0 Å². The van der Waals surface area contributed by atoms with Crippen LogP contribution in [-0.2, 0) is 10.0 Å². The molecule has 0 bridgehead atoms. The molecule has 2 aromatic carbocycles. The van der Waals surface area contributed by atoms with E-state index in [0.29, 0.717) is 31.1 Å². The fraction of sp³-hybridized carbons (Fsp3) is 0.333. The fourth-order valence-electron chi connectivity index (χ4n) is 2.96. The van der Waals surface area contributed by atoms with E-state index in [1.54, 1.807) is 23.5 Å². The molecule has 1 heterocycles. The highest BCUT2D eigenvalue weighted by atomic mass is 32.2. The summed E-state index contributed by atoms with van der Waals surface area (Å²) in [6.07, 6.45) is 0. The summed E-state index contributed by atoms with van der Waals surface area (Å²) in [6, 6.07) is 15.0. The Morgan fingerprint density at radius 3 is 2.12 bits per heavy atom. The highest BCUT2D eigenvalue weighted by Crippen LogP contribution is 2.24. The highest BCUT2D eigenvalue weighted by Gasteiger charge is 2.29. The lowest BCUT2D eigenvalue weighted by molar-refractivity contribution is 0.384. The number of hydrogen-bond donors (Lipinski definition) is 0. The van der Waals surface area contributed by atoms with E-state index in [-0.39, 0.29) is 0 Å². The van der Waals surface area contributed by atoms with Gasteiger partial charge in [0.1, 0.15) is 5.75 Å². The Hall–Kier alpha value is -2.05. The third-order valence-electron chi connectivity index (χ3n) is 4.39. The molecule has 1 saturated heterocycles. The number of piperazine rings is 1. The monoisotopic (exact) mass is 346 g/mol. The molecule has 0 saturated carbocycles. The van der Waals surface area contributed by atoms with Crippen molar-refractivity contribution in [1.29, 1.82) is 0 Å². The van der Waals surface area contributed by atoms with Crippen LogP contribution in [0.2, 0.25) is 0 Å². The van der Waals surface area contributed by atoms with Crippen molar-refractivity contribution in [1.82, 2.24) is 4.31 Å². The van der Waals surface area contributed by atoms with Crippen LogP contribution < -0.4 is 9.64 Å². The van der Waals surface area contributed by atoms with Gasteiger partial charge in [-0.3, -0.25) is 0 Å². The van der Waals surface area contributed by atoms with E-state index in [1.807, 2.05) is 43.3 Å². The minimum atomic E-state index is -3.42. The molecule has 1 aliphatic heterocycles. The van der Waals surface area contributed by atoms with Crippen LogP contribution in [0.1, 0.15) is 5.56 Å². The molecule has 128 valence electrons. The van der Waals surface area contributed by atoms with Gasteiger partial charge in [-0.2, -0.15) is 4.31 Å². The van der Waals surface area contributed by atoms with E-state index in [1.165, 1.54) is 0 Å². The van der Waals surface area contributed by atoms with Crippen molar-refractivity contribution in [3.8, 4) is 5.75 Å². The Labute approximate surface area is 143 Å². The SMILES string of the molecule is COc1ccc(N2CCN(S(=O)(=O)c3ccccc3C)CC2)cc1. The predicted molar refractivity (Wildman–Crippen MR) is 95.1 cm³/mol. The summed E-state index contributed by atoms with van der Waals surface area (Å²) in [5.74, 6) is 0.819. The van der Waals surface area contributed by atoms with Gasteiger partial charge in [-0.05, 0) is 42.8 Å². The van der Waals surface area contributed by atoms with E-state index in [9.17, 15) is 8.42 Å². The van der Waals surface area contributed by atoms with E-state index >= 15 is 0 Å². The van der Waals surface area contributed by atoms with Gasteiger partial charge in [0.15, 0.2) is 0 Å². The summed E-state index contributed by atoms with van der Waals surface area (Å²) in [7, 11) is -1.78. The van der Waals surface area contributed by atoms with Gasteiger partial charge in [0.05, 0.1) is 12.0 Å². The molecule has 0 radical (unpaired) electrons. The lowest BCUT2D eigenvalue weighted by Gasteiger charge is -2.35. The lowest BCUT2D eigenvalue weighted by atomic mass is 10.2. The molecule has 6 heteroatoms. The number of nitrogens with zero attached hydrogens (tertiary/aromatic N) is 2. The summed E-state index contributed by atoms with van der Waals surface area (Å²) in [5.41, 5.74) is 1.87. The topological polar surface area (TPSA) is 49.9 Å². The average Bonchev–Trinajstić information content (AvgIpc) is 2.62. The number of rotatable bonds is 4. The second-order valence-corrected chi connectivity index (χ2v) is 7.76. The van der Waals surface area contributed by atoms with Gasteiger partial charge in [-0.25, -0.2) is 8.42 Å². The van der Waals surface area contributed by atoms with Crippen LogP contribution in [0.5, 0.6) is 5.75 Å². The van der Waals surface area contributed by atoms with Crippen molar-refractivity contribution in [2.45, 2.75) is 11.8 Å². The Bertz CT molecular complexity index is 795. The smallest absolute Gasteiger partial charge is 0.243 e. The molecule has 0 N–H and O–H groups in total. The van der Waals surface area contributed by atoms with E-state index < -0.39 is 10.0 Å². The summed E-state index contributed by atoms with van der Waals surface area (Å²) < 4.78 is 32.4. The number of anilines is 1. The Kier molecular flexibility index (Phi) is 4.78. The first-order chi connectivity index (χ1) is 11.5. The van der Waals surface area contributed by atoms with E-state index in [4.69, 9.17) is 4.74 Å². The van der Waals surface area contributed by atoms with Gasteiger partial charge in [0.25, 0.3) is 0 Å². The molecule has 0 unspecified atom stereocenters. The summed E-state index contributed by atoms with van der Waals surface area (Å²) in [6.45, 7) is 4.17. The summed E-state index contributed by atoms with van der Waals surface area (Å²) in [4.78, 5) is 2.60. The zero-order valence-corrected chi connectivity index (χ0v) is 14.8. The van der Waals surface area contributed by atoms with Crippen LogP contribution in [-0.4, -0.2) is 46.0 Å². The van der Waals surface area contributed by atoms with Crippen LogP contribution in [0, 0.1) is 6.92 Å². The molecule has 0 atom stereocenters. The third kappa shape index (κ3) is 3.25. The number of hydrogen-bond acceptors (Lipinski definition) is 4. The van der Waals surface area contributed by atoms with Crippen LogP contribution in [0.25, 0.3) is 0 Å². The zero-order valence-electron chi connectivity index (χ0n) is 14.0. The van der Waals surface area contributed by atoms with Gasteiger partial charge in [0, 0.05) is 31.9 Å². The Balaban J connectivity index is 1.71. The number of ether oxygens (including phenoxy) is 1. The fourth-order valence-corrected chi connectivity index (χ4v) is 4.61. The number of aryl methyl sites for hydroxylation is 1. The molecule has 1 fully saturated rings. The van der Waals surface area contributed by atoms with E-state index in [0.717, 1.165) is 17.0 Å². The molecule has 0 amide bonds. The first kappa shape index (κ1) is 16.8. The molecular formula is C18H22N2O3S. The first-order valence-electron chi connectivity index (χ1n) is 7.97. The summed E-state index contributed by atoms with van der Waals surface area (Å²) in [5, 5.41) is 0.